The number of likely N-dealkylation sites (tertiary alicyclic amines) is 1. The predicted octanol–water partition coefficient (Wildman–Crippen LogP) is 1.63. The minimum absolute atomic E-state index is 0. The number of hydrogen-bond acceptors (Lipinski definition) is 3. The molecule has 134 valence electrons. The van der Waals surface area contributed by atoms with Gasteiger partial charge in [0.2, 0.25) is 5.91 Å². The highest BCUT2D eigenvalue weighted by atomic mass is 35.5. The van der Waals surface area contributed by atoms with Crippen LogP contribution in [0.15, 0.2) is 0 Å². The standard InChI is InChI=1S/C16H30N4O2.ClH/c1-16(2,17)11-18-14(21)12-6-5-9-20(10-12)15(22)19-13-7-3-4-8-13;/h12-13H,3-11,17H2,1-2H3,(H,18,21)(H,19,22);1H. The second-order valence-electron chi connectivity index (χ2n) is 7.42. The molecule has 23 heavy (non-hydrogen) atoms. The first kappa shape index (κ1) is 20.0. The smallest absolute Gasteiger partial charge is 0.317 e. The minimum Gasteiger partial charge on any atom is -0.354 e. The Kier molecular flexibility index (Phi) is 7.61. The van der Waals surface area contributed by atoms with Crippen molar-refractivity contribution in [3.05, 3.63) is 0 Å². The van der Waals surface area contributed by atoms with Gasteiger partial charge in [0.25, 0.3) is 0 Å². The van der Waals surface area contributed by atoms with Crippen molar-refractivity contribution in [1.29, 1.82) is 0 Å². The zero-order chi connectivity index (χ0) is 16.2. The van der Waals surface area contributed by atoms with Crippen LogP contribution in [0.5, 0.6) is 0 Å². The molecule has 0 aromatic heterocycles. The summed E-state index contributed by atoms with van der Waals surface area (Å²) in [7, 11) is 0. The Hall–Kier alpha value is -1.01. The van der Waals surface area contributed by atoms with Crippen molar-refractivity contribution >= 4 is 24.3 Å². The monoisotopic (exact) mass is 346 g/mol. The summed E-state index contributed by atoms with van der Waals surface area (Å²) < 4.78 is 0. The SMILES string of the molecule is CC(C)(N)CNC(=O)C1CCCN(C(=O)NC2CCCC2)C1.Cl. The fraction of sp³-hybridized carbons (Fsp3) is 0.875. The molecule has 2 aliphatic rings. The number of urea groups is 1. The number of halogens is 1. The quantitative estimate of drug-likeness (QED) is 0.723. The molecule has 1 atom stereocenters. The zero-order valence-corrected chi connectivity index (χ0v) is 15.1. The van der Waals surface area contributed by atoms with Crippen LogP contribution in [0.3, 0.4) is 0 Å². The highest BCUT2D eigenvalue weighted by Gasteiger charge is 2.30. The maximum atomic E-state index is 12.3. The maximum absolute atomic E-state index is 12.3. The molecule has 1 unspecified atom stereocenters. The Morgan fingerprint density at radius 3 is 2.43 bits per heavy atom. The van der Waals surface area contributed by atoms with E-state index in [1.54, 1.807) is 4.90 Å². The van der Waals surface area contributed by atoms with E-state index in [-0.39, 0.29) is 30.3 Å². The third-order valence-electron chi connectivity index (χ3n) is 4.48. The number of nitrogens with one attached hydrogen (secondary N) is 2. The maximum Gasteiger partial charge on any atom is 0.317 e. The van der Waals surface area contributed by atoms with Crippen molar-refractivity contribution in [2.24, 2.45) is 11.7 Å². The fourth-order valence-corrected chi connectivity index (χ4v) is 3.17. The van der Waals surface area contributed by atoms with E-state index in [0.29, 0.717) is 19.1 Å². The zero-order valence-electron chi connectivity index (χ0n) is 14.3. The molecule has 2 fully saturated rings. The van der Waals surface area contributed by atoms with E-state index in [4.69, 9.17) is 5.73 Å². The lowest BCUT2D eigenvalue weighted by Gasteiger charge is -2.33. The van der Waals surface area contributed by atoms with Gasteiger partial charge in [0.15, 0.2) is 0 Å². The van der Waals surface area contributed by atoms with E-state index >= 15 is 0 Å². The van der Waals surface area contributed by atoms with Gasteiger partial charge >= 0.3 is 6.03 Å². The van der Waals surface area contributed by atoms with Gasteiger partial charge < -0.3 is 21.3 Å². The molecule has 3 amide bonds. The van der Waals surface area contributed by atoms with Crippen LogP contribution in [0.4, 0.5) is 4.79 Å². The normalized spacial score (nSPS) is 22.4. The van der Waals surface area contributed by atoms with Gasteiger partial charge in [0.05, 0.1) is 5.92 Å². The third-order valence-corrected chi connectivity index (χ3v) is 4.48. The number of amides is 3. The summed E-state index contributed by atoms with van der Waals surface area (Å²) in [5.41, 5.74) is 5.48. The van der Waals surface area contributed by atoms with Crippen molar-refractivity contribution in [3.63, 3.8) is 0 Å². The number of hydrogen-bond donors (Lipinski definition) is 3. The van der Waals surface area contributed by atoms with E-state index in [1.807, 2.05) is 13.8 Å². The van der Waals surface area contributed by atoms with Crippen LogP contribution in [-0.4, -0.2) is 48.1 Å². The molecule has 1 aliphatic heterocycles. The molecular formula is C16H31ClN4O2. The number of piperidine rings is 1. The summed E-state index contributed by atoms with van der Waals surface area (Å²) in [4.78, 5) is 26.3. The molecule has 0 radical (unpaired) electrons. The van der Waals surface area contributed by atoms with Gasteiger partial charge in [0, 0.05) is 31.2 Å². The highest BCUT2D eigenvalue weighted by molar-refractivity contribution is 5.85. The van der Waals surface area contributed by atoms with Crippen molar-refractivity contribution in [3.8, 4) is 0 Å². The summed E-state index contributed by atoms with van der Waals surface area (Å²) in [6, 6.07) is 0.309. The van der Waals surface area contributed by atoms with Crippen molar-refractivity contribution in [2.75, 3.05) is 19.6 Å². The Bertz CT molecular complexity index is 405. The molecule has 1 heterocycles. The number of carbonyl (C=O) groups is 2. The highest BCUT2D eigenvalue weighted by Crippen LogP contribution is 2.20. The first-order chi connectivity index (χ1) is 10.3. The van der Waals surface area contributed by atoms with Gasteiger partial charge in [-0.2, -0.15) is 0 Å². The summed E-state index contributed by atoms with van der Waals surface area (Å²) >= 11 is 0. The van der Waals surface area contributed by atoms with Gasteiger partial charge in [-0.3, -0.25) is 4.79 Å². The largest absolute Gasteiger partial charge is 0.354 e. The first-order valence-corrected chi connectivity index (χ1v) is 8.47. The lowest BCUT2D eigenvalue weighted by Crippen LogP contribution is -2.52. The van der Waals surface area contributed by atoms with Gasteiger partial charge in [-0.15, -0.1) is 12.4 Å². The average molecular weight is 347 g/mol. The van der Waals surface area contributed by atoms with Crippen LogP contribution < -0.4 is 16.4 Å². The second-order valence-corrected chi connectivity index (χ2v) is 7.42. The molecule has 2 rings (SSSR count). The van der Waals surface area contributed by atoms with Crippen LogP contribution in [0.25, 0.3) is 0 Å². The van der Waals surface area contributed by atoms with E-state index in [9.17, 15) is 9.59 Å². The molecule has 0 aromatic rings. The third kappa shape index (κ3) is 6.55. The summed E-state index contributed by atoms with van der Waals surface area (Å²) in [6.07, 6.45) is 6.27. The van der Waals surface area contributed by atoms with Gasteiger partial charge in [-0.05, 0) is 39.5 Å². The molecular weight excluding hydrogens is 316 g/mol. The van der Waals surface area contributed by atoms with Gasteiger partial charge in [-0.25, -0.2) is 4.79 Å². The summed E-state index contributed by atoms with van der Waals surface area (Å²) in [5.74, 6) is -0.109. The topological polar surface area (TPSA) is 87.5 Å². The number of nitrogens with two attached hydrogens (primary N) is 1. The van der Waals surface area contributed by atoms with Crippen molar-refractivity contribution in [1.82, 2.24) is 15.5 Å². The molecule has 1 saturated carbocycles. The van der Waals surface area contributed by atoms with Crippen LogP contribution in [0.1, 0.15) is 52.4 Å². The molecule has 0 bridgehead atoms. The molecule has 0 spiro atoms. The van der Waals surface area contributed by atoms with E-state index in [2.05, 4.69) is 10.6 Å². The van der Waals surface area contributed by atoms with Crippen LogP contribution in [0.2, 0.25) is 0 Å². The van der Waals surface area contributed by atoms with Crippen LogP contribution >= 0.6 is 12.4 Å². The van der Waals surface area contributed by atoms with Gasteiger partial charge in [0.1, 0.15) is 0 Å². The molecule has 0 aromatic carbocycles. The Labute approximate surface area is 145 Å². The Morgan fingerprint density at radius 1 is 1.17 bits per heavy atom. The van der Waals surface area contributed by atoms with E-state index < -0.39 is 5.54 Å². The Morgan fingerprint density at radius 2 is 1.83 bits per heavy atom. The summed E-state index contributed by atoms with van der Waals surface area (Å²) in [5, 5.41) is 6.00. The number of nitrogens with zero attached hydrogens (tertiary/aromatic N) is 1. The second kappa shape index (κ2) is 8.73. The van der Waals surface area contributed by atoms with E-state index in [1.165, 1.54) is 12.8 Å². The molecule has 1 saturated heterocycles. The lowest BCUT2D eigenvalue weighted by molar-refractivity contribution is -0.126. The summed E-state index contributed by atoms with van der Waals surface area (Å²) in [6.45, 7) is 5.47. The first-order valence-electron chi connectivity index (χ1n) is 8.47. The lowest BCUT2D eigenvalue weighted by atomic mass is 9.97. The van der Waals surface area contributed by atoms with Gasteiger partial charge in [-0.1, -0.05) is 12.8 Å². The number of carbonyl (C=O) groups excluding carboxylic acids is 2. The van der Waals surface area contributed by atoms with Crippen molar-refractivity contribution in [2.45, 2.75) is 64.0 Å². The average Bonchev–Trinajstić information content (AvgIpc) is 2.97. The van der Waals surface area contributed by atoms with Crippen LogP contribution in [-0.2, 0) is 4.79 Å². The fourth-order valence-electron chi connectivity index (χ4n) is 3.17. The number of rotatable bonds is 4. The van der Waals surface area contributed by atoms with Crippen molar-refractivity contribution < 1.29 is 9.59 Å². The Balaban J connectivity index is 0.00000264. The minimum atomic E-state index is -0.413. The van der Waals surface area contributed by atoms with Crippen LogP contribution in [0, 0.1) is 5.92 Å². The van der Waals surface area contributed by atoms with E-state index in [0.717, 1.165) is 32.2 Å². The predicted molar refractivity (Wildman–Crippen MR) is 93.6 cm³/mol. The molecule has 4 N–H and O–H groups in total. The molecule has 1 aliphatic carbocycles. The molecule has 6 nitrogen and oxygen atoms in total. The molecule has 7 heteroatoms.